The number of hydrogen-bond donors (Lipinski definition) is 1. The number of hydrogen-bond acceptors (Lipinski definition) is 4. The minimum atomic E-state index is -0.178. The van der Waals surface area contributed by atoms with Gasteiger partial charge in [-0.05, 0) is 45.0 Å². The van der Waals surface area contributed by atoms with Gasteiger partial charge in [0, 0.05) is 30.4 Å². The van der Waals surface area contributed by atoms with E-state index in [4.69, 9.17) is 4.52 Å². The van der Waals surface area contributed by atoms with Crippen LogP contribution in [0.2, 0.25) is 0 Å². The average Bonchev–Trinajstić information content (AvgIpc) is 2.92. The molecule has 0 bridgehead atoms. The highest BCUT2D eigenvalue weighted by molar-refractivity contribution is 6.05. The highest BCUT2D eigenvalue weighted by Gasteiger charge is 2.22. The lowest BCUT2D eigenvalue weighted by atomic mass is 10.0. The van der Waals surface area contributed by atoms with Gasteiger partial charge in [-0.3, -0.25) is 4.79 Å². The summed E-state index contributed by atoms with van der Waals surface area (Å²) in [5.74, 6) is 0.560. The van der Waals surface area contributed by atoms with Crippen molar-refractivity contribution >= 4 is 17.3 Å². The highest BCUT2D eigenvalue weighted by atomic mass is 16.5. The van der Waals surface area contributed by atoms with E-state index < -0.39 is 0 Å². The molecule has 0 unspecified atom stereocenters. The van der Waals surface area contributed by atoms with Crippen molar-refractivity contribution in [2.45, 2.75) is 40.5 Å². The van der Waals surface area contributed by atoms with Gasteiger partial charge in [0.15, 0.2) is 5.76 Å². The Bertz CT molecular complexity index is 655. The Kier molecular flexibility index (Phi) is 5.42. The van der Waals surface area contributed by atoms with Crippen LogP contribution in [-0.4, -0.2) is 24.2 Å². The largest absolute Gasteiger partial charge is 0.372 e. The summed E-state index contributed by atoms with van der Waals surface area (Å²) in [7, 11) is 0. The van der Waals surface area contributed by atoms with Crippen LogP contribution in [0.1, 0.15) is 55.4 Å². The molecule has 1 amide bonds. The number of anilines is 2. The zero-order chi connectivity index (χ0) is 17.0. The van der Waals surface area contributed by atoms with Crippen molar-refractivity contribution in [2.24, 2.45) is 0 Å². The van der Waals surface area contributed by atoms with Gasteiger partial charge in [0.05, 0.1) is 5.69 Å². The summed E-state index contributed by atoms with van der Waals surface area (Å²) >= 11 is 0. The van der Waals surface area contributed by atoms with E-state index in [0.29, 0.717) is 17.0 Å². The average molecular weight is 315 g/mol. The van der Waals surface area contributed by atoms with Crippen molar-refractivity contribution in [2.75, 3.05) is 23.3 Å². The summed E-state index contributed by atoms with van der Waals surface area (Å²) in [4.78, 5) is 14.8. The molecular formula is C18H25N3O2. The van der Waals surface area contributed by atoms with Crippen LogP contribution < -0.4 is 10.2 Å². The van der Waals surface area contributed by atoms with Gasteiger partial charge in [-0.1, -0.05) is 19.0 Å². The molecule has 5 heteroatoms. The molecule has 2 aromatic rings. The molecule has 0 saturated carbocycles. The highest BCUT2D eigenvalue weighted by Crippen LogP contribution is 2.24. The lowest BCUT2D eigenvalue weighted by Crippen LogP contribution is -2.21. The zero-order valence-corrected chi connectivity index (χ0v) is 14.5. The lowest BCUT2D eigenvalue weighted by molar-refractivity contribution is 0.102. The van der Waals surface area contributed by atoms with E-state index in [-0.39, 0.29) is 11.8 Å². The van der Waals surface area contributed by atoms with Gasteiger partial charge in [-0.15, -0.1) is 0 Å². The van der Waals surface area contributed by atoms with Crippen LogP contribution in [0.25, 0.3) is 0 Å². The molecular weight excluding hydrogens is 290 g/mol. The maximum Gasteiger partial charge on any atom is 0.261 e. The van der Waals surface area contributed by atoms with Crippen LogP contribution in [0.15, 0.2) is 28.8 Å². The number of rotatable bonds is 6. The fraction of sp³-hybridized carbons (Fsp3) is 0.444. The standard InChI is InChI=1S/C18H25N3O2/c1-6-21(7-2)15-10-8-14(9-11-15)19-18(22)16-13(5)20-23-17(16)12(3)4/h8-12H,6-7H2,1-5H3,(H,19,22). The SMILES string of the molecule is CCN(CC)c1ccc(NC(=O)c2c(C)noc2C(C)C)cc1. The van der Waals surface area contributed by atoms with E-state index in [1.807, 2.05) is 38.1 Å². The molecule has 0 saturated heterocycles. The first-order valence-electron chi connectivity index (χ1n) is 8.10. The summed E-state index contributed by atoms with van der Waals surface area (Å²) in [5.41, 5.74) is 3.07. The monoisotopic (exact) mass is 315 g/mol. The third kappa shape index (κ3) is 3.73. The molecule has 1 N–H and O–H groups in total. The molecule has 0 fully saturated rings. The van der Waals surface area contributed by atoms with Crippen LogP contribution in [0, 0.1) is 6.92 Å². The van der Waals surface area contributed by atoms with Gasteiger partial charge in [-0.25, -0.2) is 0 Å². The van der Waals surface area contributed by atoms with Crippen molar-refractivity contribution in [3.8, 4) is 0 Å². The molecule has 124 valence electrons. The summed E-state index contributed by atoms with van der Waals surface area (Å²) in [6.45, 7) is 11.9. The van der Waals surface area contributed by atoms with Gasteiger partial charge in [0.25, 0.3) is 5.91 Å². The van der Waals surface area contributed by atoms with Crippen LogP contribution in [0.4, 0.5) is 11.4 Å². The van der Waals surface area contributed by atoms with E-state index in [1.165, 1.54) is 0 Å². The summed E-state index contributed by atoms with van der Waals surface area (Å²) in [5, 5.41) is 6.84. The molecule has 0 spiro atoms. The Morgan fingerprint density at radius 2 is 1.83 bits per heavy atom. The first-order chi connectivity index (χ1) is 11.0. The third-order valence-electron chi connectivity index (χ3n) is 3.89. The third-order valence-corrected chi connectivity index (χ3v) is 3.89. The Morgan fingerprint density at radius 3 is 2.35 bits per heavy atom. The maximum atomic E-state index is 12.5. The van der Waals surface area contributed by atoms with E-state index in [1.54, 1.807) is 6.92 Å². The maximum absolute atomic E-state index is 12.5. The Labute approximate surface area is 137 Å². The second-order valence-corrected chi connectivity index (χ2v) is 5.84. The van der Waals surface area contributed by atoms with Crippen molar-refractivity contribution in [3.05, 3.63) is 41.3 Å². The molecule has 0 aliphatic rings. The molecule has 1 heterocycles. The number of benzene rings is 1. The lowest BCUT2D eigenvalue weighted by Gasteiger charge is -2.21. The van der Waals surface area contributed by atoms with Crippen LogP contribution in [0.5, 0.6) is 0 Å². The minimum absolute atomic E-state index is 0.113. The van der Waals surface area contributed by atoms with Gasteiger partial charge in [0.1, 0.15) is 5.56 Å². The zero-order valence-electron chi connectivity index (χ0n) is 14.5. The Balaban J connectivity index is 2.16. The van der Waals surface area contributed by atoms with Gasteiger partial charge in [-0.2, -0.15) is 0 Å². The summed E-state index contributed by atoms with van der Waals surface area (Å²) in [6.07, 6.45) is 0. The minimum Gasteiger partial charge on any atom is -0.372 e. The Morgan fingerprint density at radius 1 is 1.22 bits per heavy atom. The molecule has 0 atom stereocenters. The van der Waals surface area contributed by atoms with E-state index in [9.17, 15) is 4.79 Å². The molecule has 1 aromatic heterocycles. The fourth-order valence-electron chi connectivity index (χ4n) is 2.60. The quantitative estimate of drug-likeness (QED) is 0.867. The first kappa shape index (κ1) is 17.1. The summed E-state index contributed by atoms with van der Waals surface area (Å²) in [6, 6.07) is 7.88. The number of amides is 1. The van der Waals surface area contributed by atoms with Crippen LogP contribution >= 0.6 is 0 Å². The smallest absolute Gasteiger partial charge is 0.261 e. The second-order valence-electron chi connectivity index (χ2n) is 5.84. The number of carbonyl (C=O) groups is 1. The topological polar surface area (TPSA) is 58.4 Å². The number of nitrogens with one attached hydrogen (secondary N) is 1. The predicted octanol–water partition coefficient (Wildman–Crippen LogP) is 4.20. The van der Waals surface area contributed by atoms with E-state index in [2.05, 4.69) is 29.2 Å². The Hall–Kier alpha value is -2.30. The van der Waals surface area contributed by atoms with Crippen molar-refractivity contribution in [3.63, 3.8) is 0 Å². The molecule has 0 aliphatic heterocycles. The second kappa shape index (κ2) is 7.31. The molecule has 0 radical (unpaired) electrons. The van der Waals surface area contributed by atoms with Gasteiger partial charge < -0.3 is 14.7 Å². The molecule has 23 heavy (non-hydrogen) atoms. The fourth-order valence-corrected chi connectivity index (χ4v) is 2.60. The van der Waals surface area contributed by atoms with Gasteiger partial charge in [0.2, 0.25) is 0 Å². The van der Waals surface area contributed by atoms with Crippen LogP contribution in [0.3, 0.4) is 0 Å². The van der Waals surface area contributed by atoms with Crippen molar-refractivity contribution in [1.29, 1.82) is 0 Å². The number of nitrogens with zero attached hydrogens (tertiary/aromatic N) is 2. The van der Waals surface area contributed by atoms with E-state index in [0.717, 1.165) is 24.5 Å². The number of aromatic nitrogens is 1. The van der Waals surface area contributed by atoms with Crippen LogP contribution in [-0.2, 0) is 0 Å². The normalized spacial score (nSPS) is 10.9. The number of carbonyl (C=O) groups excluding carboxylic acids is 1. The van der Waals surface area contributed by atoms with Gasteiger partial charge >= 0.3 is 0 Å². The van der Waals surface area contributed by atoms with Crippen molar-refractivity contribution in [1.82, 2.24) is 5.16 Å². The van der Waals surface area contributed by atoms with Crippen molar-refractivity contribution < 1.29 is 9.32 Å². The molecule has 2 rings (SSSR count). The molecule has 0 aliphatic carbocycles. The van der Waals surface area contributed by atoms with E-state index >= 15 is 0 Å². The molecule has 1 aromatic carbocycles. The first-order valence-corrected chi connectivity index (χ1v) is 8.10. The summed E-state index contributed by atoms with van der Waals surface area (Å²) < 4.78 is 5.28. The number of aryl methyl sites for hydroxylation is 1. The predicted molar refractivity (Wildman–Crippen MR) is 93.3 cm³/mol. The molecule has 5 nitrogen and oxygen atoms in total.